The van der Waals surface area contributed by atoms with Gasteiger partial charge in [-0.2, -0.15) is 0 Å². The third-order valence-electron chi connectivity index (χ3n) is 3.77. The average Bonchev–Trinajstić information content (AvgIpc) is 2.64. The van der Waals surface area contributed by atoms with Crippen LogP contribution in [0.4, 0.5) is 5.69 Å². The summed E-state index contributed by atoms with van der Waals surface area (Å²) in [4.78, 5) is 12.4. The van der Waals surface area contributed by atoms with E-state index in [-0.39, 0.29) is 12.3 Å². The van der Waals surface area contributed by atoms with Crippen LogP contribution in [0.3, 0.4) is 0 Å². The molecule has 0 atom stereocenters. The van der Waals surface area contributed by atoms with Crippen LogP contribution < -0.4 is 19.5 Å². The quantitative estimate of drug-likeness (QED) is 0.697. The Morgan fingerprint density at radius 3 is 2.38 bits per heavy atom. The topological polar surface area (TPSA) is 66.0 Å². The zero-order valence-corrected chi connectivity index (χ0v) is 15.6. The maximum Gasteiger partial charge on any atom is 0.228 e. The summed E-state index contributed by atoms with van der Waals surface area (Å²) in [5.74, 6) is 1.71. The summed E-state index contributed by atoms with van der Waals surface area (Å²) in [7, 11) is 4.76. The van der Waals surface area contributed by atoms with Crippen LogP contribution in [0.1, 0.15) is 11.1 Å². The lowest BCUT2D eigenvalue weighted by Gasteiger charge is -2.14. The molecule has 0 heterocycles. The summed E-state index contributed by atoms with van der Waals surface area (Å²) >= 11 is 0. The number of anilines is 1. The summed E-state index contributed by atoms with van der Waals surface area (Å²) in [5.41, 5.74) is 2.52. The van der Waals surface area contributed by atoms with Gasteiger partial charge in [0, 0.05) is 7.11 Å². The average molecular weight is 359 g/mol. The second kappa shape index (κ2) is 9.68. The maximum atomic E-state index is 12.4. The van der Waals surface area contributed by atoms with Crippen molar-refractivity contribution in [3.05, 3.63) is 47.5 Å². The third-order valence-corrected chi connectivity index (χ3v) is 3.77. The Balaban J connectivity index is 2.07. The summed E-state index contributed by atoms with van der Waals surface area (Å²) < 4.78 is 21.2. The molecule has 0 radical (unpaired) electrons. The summed E-state index contributed by atoms with van der Waals surface area (Å²) in [6.45, 7) is 2.86. The molecule has 0 aliphatic carbocycles. The highest BCUT2D eigenvalue weighted by molar-refractivity contribution is 5.93. The minimum Gasteiger partial charge on any atom is -0.493 e. The number of amides is 1. The fourth-order valence-electron chi connectivity index (χ4n) is 2.46. The molecule has 0 aromatic heterocycles. The molecule has 0 unspecified atom stereocenters. The highest BCUT2D eigenvalue weighted by atomic mass is 16.5. The molecule has 0 saturated heterocycles. The number of nitrogens with one attached hydrogen (secondary N) is 1. The molecule has 26 heavy (non-hydrogen) atoms. The van der Waals surface area contributed by atoms with E-state index in [1.807, 2.05) is 31.2 Å². The summed E-state index contributed by atoms with van der Waals surface area (Å²) in [6, 6.07) is 11.1. The van der Waals surface area contributed by atoms with Gasteiger partial charge in [0.1, 0.15) is 12.4 Å². The molecule has 2 aromatic carbocycles. The smallest absolute Gasteiger partial charge is 0.228 e. The zero-order valence-electron chi connectivity index (χ0n) is 15.6. The van der Waals surface area contributed by atoms with E-state index in [9.17, 15) is 4.79 Å². The number of carbonyl (C=O) groups is 1. The number of aryl methyl sites for hydroxylation is 1. The number of ether oxygens (including phenoxy) is 4. The van der Waals surface area contributed by atoms with Crippen LogP contribution in [-0.2, 0) is 16.0 Å². The Labute approximate surface area is 154 Å². The van der Waals surface area contributed by atoms with Gasteiger partial charge in [0.2, 0.25) is 5.91 Å². The normalized spacial score (nSPS) is 10.3. The van der Waals surface area contributed by atoms with Gasteiger partial charge in [0.15, 0.2) is 11.5 Å². The van der Waals surface area contributed by atoms with E-state index in [2.05, 4.69) is 5.32 Å². The highest BCUT2D eigenvalue weighted by Crippen LogP contribution is 2.29. The van der Waals surface area contributed by atoms with Gasteiger partial charge in [0.05, 0.1) is 32.9 Å². The number of hydrogen-bond acceptors (Lipinski definition) is 5. The summed E-state index contributed by atoms with van der Waals surface area (Å²) in [6.07, 6.45) is 0.214. The van der Waals surface area contributed by atoms with Gasteiger partial charge in [0.25, 0.3) is 0 Å². The van der Waals surface area contributed by atoms with Crippen LogP contribution in [0.2, 0.25) is 0 Å². The first kappa shape index (κ1) is 19.6. The molecule has 0 aliphatic rings. The highest BCUT2D eigenvalue weighted by Gasteiger charge is 2.11. The van der Waals surface area contributed by atoms with Crippen molar-refractivity contribution in [1.29, 1.82) is 0 Å². The first-order valence-corrected chi connectivity index (χ1v) is 8.30. The largest absolute Gasteiger partial charge is 0.493 e. The molecule has 0 bridgehead atoms. The molecule has 2 aromatic rings. The van der Waals surface area contributed by atoms with Crippen molar-refractivity contribution < 1.29 is 23.7 Å². The lowest BCUT2D eigenvalue weighted by Crippen LogP contribution is -2.16. The maximum absolute atomic E-state index is 12.4. The monoisotopic (exact) mass is 359 g/mol. The minimum atomic E-state index is -0.141. The van der Waals surface area contributed by atoms with Crippen LogP contribution in [0.25, 0.3) is 0 Å². The number of benzene rings is 2. The molecule has 140 valence electrons. The number of methoxy groups -OCH3 is 3. The van der Waals surface area contributed by atoms with Crippen LogP contribution in [-0.4, -0.2) is 40.5 Å². The van der Waals surface area contributed by atoms with Crippen molar-refractivity contribution >= 4 is 11.6 Å². The second-order valence-electron chi connectivity index (χ2n) is 5.76. The Kier molecular flexibility index (Phi) is 7.29. The molecule has 2 rings (SSSR count). The molecule has 0 spiro atoms. The Hall–Kier alpha value is -2.73. The number of hydrogen-bond donors (Lipinski definition) is 1. The van der Waals surface area contributed by atoms with Crippen molar-refractivity contribution in [2.45, 2.75) is 13.3 Å². The van der Waals surface area contributed by atoms with Gasteiger partial charge in [-0.25, -0.2) is 0 Å². The minimum absolute atomic E-state index is 0.141. The Morgan fingerprint density at radius 2 is 1.69 bits per heavy atom. The van der Waals surface area contributed by atoms with Gasteiger partial charge < -0.3 is 24.3 Å². The van der Waals surface area contributed by atoms with E-state index in [1.54, 1.807) is 33.5 Å². The molecule has 0 aliphatic heterocycles. The van der Waals surface area contributed by atoms with Gasteiger partial charge in [-0.15, -0.1) is 0 Å². The standard InChI is InChI=1S/C20H25NO5/c1-14-5-7-16(18(11-14)26-10-9-23-2)21-20(22)13-15-6-8-17(24-3)19(12-15)25-4/h5-8,11-12H,9-10,13H2,1-4H3,(H,21,22). The van der Waals surface area contributed by atoms with Crippen molar-refractivity contribution in [1.82, 2.24) is 0 Å². The van der Waals surface area contributed by atoms with Crippen LogP contribution in [0.15, 0.2) is 36.4 Å². The van der Waals surface area contributed by atoms with E-state index in [4.69, 9.17) is 18.9 Å². The van der Waals surface area contributed by atoms with Gasteiger partial charge in [-0.3, -0.25) is 4.79 Å². The SMILES string of the molecule is COCCOc1cc(C)ccc1NC(=O)Cc1ccc(OC)c(OC)c1. The molecular formula is C20H25NO5. The molecule has 1 amide bonds. The number of carbonyl (C=O) groups excluding carboxylic acids is 1. The van der Waals surface area contributed by atoms with E-state index < -0.39 is 0 Å². The number of rotatable bonds is 9. The van der Waals surface area contributed by atoms with E-state index >= 15 is 0 Å². The first-order valence-electron chi connectivity index (χ1n) is 8.30. The van der Waals surface area contributed by atoms with Gasteiger partial charge in [-0.05, 0) is 42.3 Å². The predicted molar refractivity (Wildman–Crippen MR) is 100 cm³/mol. The zero-order chi connectivity index (χ0) is 18.9. The van der Waals surface area contributed by atoms with Crippen LogP contribution in [0, 0.1) is 6.92 Å². The van der Waals surface area contributed by atoms with Crippen LogP contribution in [0.5, 0.6) is 17.2 Å². The summed E-state index contributed by atoms with van der Waals surface area (Å²) in [5, 5.41) is 2.90. The molecule has 0 saturated carbocycles. The van der Waals surface area contributed by atoms with Gasteiger partial charge in [-0.1, -0.05) is 12.1 Å². The van der Waals surface area contributed by atoms with Crippen molar-refractivity contribution in [2.24, 2.45) is 0 Å². The van der Waals surface area contributed by atoms with Crippen molar-refractivity contribution in [2.75, 3.05) is 39.9 Å². The van der Waals surface area contributed by atoms with Crippen LogP contribution >= 0.6 is 0 Å². The first-order chi connectivity index (χ1) is 12.6. The molecule has 1 N–H and O–H groups in total. The Bertz CT molecular complexity index is 745. The molecule has 6 nitrogen and oxygen atoms in total. The van der Waals surface area contributed by atoms with Crippen molar-refractivity contribution in [3.8, 4) is 17.2 Å². The molecule has 6 heteroatoms. The fraction of sp³-hybridized carbons (Fsp3) is 0.350. The van der Waals surface area contributed by atoms with E-state index in [0.717, 1.165) is 11.1 Å². The van der Waals surface area contributed by atoms with Gasteiger partial charge >= 0.3 is 0 Å². The molecule has 0 fully saturated rings. The van der Waals surface area contributed by atoms with Crippen molar-refractivity contribution in [3.63, 3.8) is 0 Å². The molecular weight excluding hydrogens is 334 g/mol. The third kappa shape index (κ3) is 5.39. The van der Waals surface area contributed by atoms with E-state index in [1.165, 1.54) is 0 Å². The predicted octanol–water partition coefficient (Wildman–Crippen LogP) is 3.22. The Morgan fingerprint density at radius 1 is 0.923 bits per heavy atom. The lowest BCUT2D eigenvalue weighted by molar-refractivity contribution is -0.115. The van der Waals surface area contributed by atoms with E-state index in [0.29, 0.717) is 36.1 Å². The lowest BCUT2D eigenvalue weighted by atomic mass is 10.1. The second-order valence-corrected chi connectivity index (χ2v) is 5.76. The fourth-order valence-corrected chi connectivity index (χ4v) is 2.46.